The molecule has 0 heterocycles. The zero-order valence-electron chi connectivity index (χ0n) is 41.9. The maximum absolute atomic E-state index is 2.55. The predicted molar refractivity (Wildman–Crippen MR) is 321 cm³/mol. The molecule has 0 bridgehead atoms. The smallest absolute Gasteiger partial charge is 0.0713 e. The van der Waals surface area contributed by atoms with Crippen LogP contribution in [0.25, 0.3) is 88.3 Å². The van der Waals surface area contributed by atoms with Gasteiger partial charge in [-0.3, -0.25) is 0 Å². The molecule has 1 heteroatoms. The SMILES string of the molecule is c1ccc(-c2cccc(-c3c(N(c4ccc(-c5cc(-c6ccccc6)ccc5-c5ccccc5)cc4)c4ccc5c(c4)-c4ccccc4C5(c4ccccc4)c4ccccc4)c4ccccc4c4ccccc34)c2)cc1. The van der Waals surface area contributed by atoms with Gasteiger partial charge in [0.2, 0.25) is 0 Å². The van der Waals surface area contributed by atoms with Gasteiger partial charge in [-0.05, 0) is 136 Å². The van der Waals surface area contributed by atoms with Crippen molar-refractivity contribution in [2.45, 2.75) is 5.41 Å². The van der Waals surface area contributed by atoms with Crippen LogP contribution in [0.1, 0.15) is 22.3 Å². The van der Waals surface area contributed by atoms with E-state index in [2.05, 4.69) is 314 Å². The maximum Gasteiger partial charge on any atom is 0.0713 e. The van der Waals surface area contributed by atoms with Gasteiger partial charge in [0.1, 0.15) is 0 Å². The highest BCUT2D eigenvalue weighted by molar-refractivity contribution is 6.22. The molecule has 13 aromatic rings. The van der Waals surface area contributed by atoms with Crippen molar-refractivity contribution in [2.75, 3.05) is 4.90 Å². The molecule has 0 radical (unpaired) electrons. The van der Waals surface area contributed by atoms with E-state index in [4.69, 9.17) is 0 Å². The van der Waals surface area contributed by atoms with Crippen molar-refractivity contribution >= 4 is 38.6 Å². The highest BCUT2D eigenvalue weighted by atomic mass is 15.1. The predicted octanol–water partition coefficient (Wildman–Crippen LogP) is 20.2. The number of fused-ring (bicyclic) bond motifs is 6. The van der Waals surface area contributed by atoms with Gasteiger partial charge in [0.05, 0.1) is 11.1 Å². The van der Waals surface area contributed by atoms with E-state index >= 15 is 0 Å². The summed E-state index contributed by atoms with van der Waals surface area (Å²) in [6, 6.07) is 114. The summed E-state index contributed by atoms with van der Waals surface area (Å²) >= 11 is 0. The monoisotopic (exact) mass is 965 g/mol. The van der Waals surface area contributed by atoms with Crippen LogP contribution in [0.3, 0.4) is 0 Å². The lowest BCUT2D eigenvalue weighted by molar-refractivity contribution is 0.768. The molecular formula is C75H51N. The van der Waals surface area contributed by atoms with Crippen molar-refractivity contribution in [1.82, 2.24) is 0 Å². The third kappa shape index (κ3) is 7.47. The molecule has 0 amide bonds. The van der Waals surface area contributed by atoms with Crippen LogP contribution in [-0.4, -0.2) is 0 Å². The first kappa shape index (κ1) is 44.8. The first-order valence-electron chi connectivity index (χ1n) is 26.3. The van der Waals surface area contributed by atoms with Crippen molar-refractivity contribution < 1.29 is 0 Å². The number of rotatable bonds is 10. The largest absolute Gasteiger partial charge is 0.309 e. The number of nitrogens with zero attached hydrogens (tertiary/aromatic N) is 1. The van der Waals surface area contributed by atoms with Crippen LogP contribution < -0.4 is 4.90 Å². The molecule has 0 spiro atoms. The summed E-state index contributed by atoms with van der Waals surface area (Å²) in [5.74, 6) is 0. The van der Waals surface area contributed by atoms with Crippen LogP contribution in [0.5, 0.6) is 0 Å². The van der Waals surface area contributed by atoms with E-state index in [-0.39, 0.29) is 0 Å². The molecule has 0 aromatic heterocycles. The fourth-order valence-electron chi connectivity index (χ4n) is 12.4. The lowest BCUT2D eigenvalue weighted by Crippen LogP contribution is -2.28. The Morgan fingerprint density at radius 1 is 0.224 bits per heavy atom. The Morgan fingerprint density at radius 2 is 0.671 bits per heavy atom. The minimum absolute atomic E-state index is 0.525. The van der Waals surface area contributed by atoms with Crippen LogP contribution in [0.15, 0.2) is 309 Å². The Kier molecular flexibility index (Phi) is 11.2. The standard InChI is InChI=1S/C75H51N/c1-6-23-52(24-7-1)56-29-22-30-58(49-56)73-67-38-18-16-35-64(67)65-36-17-19-39-68(65)74(73)76(61-44-41-55(42-45-61)69-50-57(53-25-8-2-9-26-53)43-47-63(69)54-27-10-3-11-28-54)62-46-48-72-70(51-62)66-37-20-21-40-71(66)75(72,59-31-12-4-13-32-59)60-33-14-5-15-34-60/h1-51H. The third-order valence-electron chi connectivity index (χ3n) is 15.7. The summed E-state index contributed by atoms with van der Waals surface area (Å²) in [5.41, 5.74) is 22.1. The molecule has 13 aromatic carbocycles. The molecule has 0 saturated heterocycles. The lowest BCUT2D eigenvalue weighted by atomic mass is 9.68. The van der Waals surface area contributed by atoms with E-state index in [0.29, 0.717) is 0 Å². The van der Waals surface area contributed by atoms with Crippen LogP contribution in [0.2, 0.25) is 0 Å². The zero-order valence-corrected chi connectivity index (χ0v) is 41.9. The summed E-state index contributed by atoms with van der Waals surface area (Å²) in [7, 11) is 0. The normalized spacial score (nSPS) is 12.3. The molecule has 356 valence electrons. The molecule has 0 atom stereocenters. The maximum atomic E-state index is 2.55. The Labute approximate surface area is 444 Å². The minimum Gasteiger partial charge on any atom is -0.309 e. The number of benzene rings is 13. The van der Waals surface area contributed by atoms with Crippen molar-refractivity contribution in [3.8, 4) is 66.8 Å². The second-order valence-electron chi connectivity index (χ2n) is 19.9. The average Bonchev–Trinajstić information content (AvgIpc) is 4.02. The van der Waals surface area contributed by atoms with Crippen molar-refractivity contribution in [1.29, 1.82) is 0 Å². The molecule has 76 heavy (non-hydrogen) atoms. The van der Waals surface area contributed by atoms with Gasteiger partial charge in [-0.15, -0.1) is 0 Å². The van der Waals surface area contributed by atoms with E-state index in [1.54, 1.807) is 0 Å². The topological polar surface area (TPSA) is 3.24 Å². The third-order valence-corrected chi connectivity index (χ3v) is 15.7. The minimum atomic E-state index is -0.525. The van der Waals surface area contributed by atoms with Gasteiger partial charge in [-0.2, -0.15) is 0 Å². The molecule has 0 fully saturated rings. The van der Waals surface area contributed by atoms with Gasteiger partial charge in [-0.1, -0.05) is 273 Å². The Hall–Kier alpha value is -9.82. The van der Waals surface area contributed by atoms with Crippen LogP contribution >= 0.6 is 0 Å². The summed E-state index contributed by atoms with van der Waals surface area (Å²) in [5, 5.41) is 4.81. The molecular weight excluding hydrogens is 915 g/mol. The van der Waals surface area contributed by atoms with Crippen LogP contribution in [-0.2, 0) is 5.41 Å². The molecule has 0 unspecified atom stereocenters. The molecule has 0 saturated carbocycles. The summed E-state index contributed by atoms with van der Waals surface area (Å²) in [6.45, 7) is 0. The highest BCUT2D eigenvalue weighted by Gasteiger charge is 2.46. The van der Waals surface area contributed by atoms with E-state index in [1.165, 1.54) is 99.4 Å². The fourth-order valence-corrected chi connectivity index (χ4v) is 12.4. The summed E-state index contributed by atoms with van der Waals surface area (Å²) < 4.78 is 0. The van der Waals surface area contributed by atoms with Gasteiger partial charge in [0.15, 0.2) is 0 Å². The van der Waals surface area contributed by atoms with Gasteiger partial charge < -0.3 is 4.90 Å². The molecule has 1 aliphatic carbocycles. The lowest BCUT2D eigenvalue weighted by Gasteiger charge is -2.34. The first-order valence-corrected chi connectivity index (χ1v) is 26.3. The van der Waals surface area contributed by atoms with Crippen LogP contribution in [0, 0.1) is 0 Å². The van der Waals surface area contributed by atoms with Gasteiger partial charge in [0, 0.05) is 22.3 Å². The molecule has 1 aliphatic rings. The van der Waals surface area contributed by atoms with Crippen molar-refractivity contribution in [3.63, 3.8) is 0 Å². The molecule has 1 nitrogen and oxygen atoms in total. The first-order chi connectivity index (χ1) is 37.7. The molecule has 0 N–H and O–H groups in total. The molecule has 0 aliphatic heterocycles. The van der Waals surface area contributed by atoms with E-state index in [0.717, 1.165) is 28.2 Å². The second kappa shape index (κ2) is 18.9. The summed E-state index contributed by atoms with van der Waals surface area (Å²) in [6.07, 6.45) is 0. The van der Waals surface area contributed by atoms with Gasteiger partial charge in [0.25, 0.3) is 0 Å². The fraction of sp³-hybridized carbons (Fsp3) is 0.0133. The average molecular weight is 966 g/mol. The quantitative estimate of drug-likeness (QED) is 0.123. The summed E-state index contributed by atoms with van der Waals surface area (Å²) in [4.78, 5) is 2.55. The zero-order chi connectivity index (χ0) is 50.4. The highest BCUT2D eigenvalue weighted by Crippen LogP contribution is 2.58. The van der Waals surface area contributed by atoms with E-state index in [9.17, 15) is 0 Å². The van der Waals surface area contributed by atoms with Crippen LogP contribution in [0.4, 0.5) is 17.1 Å². The number of hydrogen-bond donors (Lipinski definition) is 0. The van der Waals surface area contributed by atoms with Crippen molar-refractivity contribution in [3.05, 3.63) is 332 Å². The second-order valence-corrected chi connectivity index (χ2v) is 19.9. The van der Waals surface area contributed by atoms with E-state index < -0.39 is 5.41 Å². The number of hydrogen-bond acceptors (Lipinski definition) is 1. The van der Waals surface area contributed by atoms with Crippen molar-refractivity contribution in [2.24, 2.45) is 0 Å². The molecule has 14 rings (SSSR count). The van der Waals surface area contributed by atoms with Gasteiger partial charge in [-0.25, -0.2) is 0 Å². The van der Waals surface area contributed by atoms with E-state index in [1.807, 2.05) is 0 Å². The Morgan fingerprint density at radius 3 is 1.32 bits per heavy atom. The Balaban J connectivity index is 1.05. The Bertz CT molecular complexity index is 4200. The van der Waals surface area contributed by atoms with Gasteiger partial charge >= 0.3 is 0 Å². The number of anilines is 3.